The molecule has 2 aromatic rings. The number of ether oxygens (including phenoxy) is 1. The molecule has 0 aliphatic heterocycles. The number of rotatable bonds is 8. The van der Waals surface area contributed by atoms with Crippen molar-refractivity contribution in [3.63, 3.8) is 0 Å². The van der Waals surface area contributed by atoms with Crippen molar-refractivity contribution in [1.82, 2.24) is 0 Å². The Balaban J connectivity index is 1.40. The van der Waals surface area contributed by atoms with Crippen molar-refractivity contribution in [2.24, 2.45) is 17.8 Å². The van der Waals surface area contributed by atoms with Crippen LogP contribution in [0.3, 0.4) is 0 Å². The number of unbranched alkanes of at least 4 members (excludes halogenated alkanes) is 2. The van der Waals surface area contributed by atoms with Gasteiger partial charge in [-0.2, -0.15) is 8.78 Å². The van der Waals surface area contributed by atoms with Gasteiger partial charge in [-0.15, -0.1) is 0 Å². The molecule has 2 saturated carbocycles. The molecule has 0 N–H and O–H groups in total. The predicted molar refractivity (Wildman–Crippen MR) is 123 cm³/mol. The Labute approximate surface area is 194 Å². The van der Waals surface area contributed by atoms with Crippen LogP contribution in [-0.2, 0) is 0 Å². The molecule has 2 aromatic carbocycles. The minimum Gasteiger partial charge on any atom is -0.432 e. The fourth-order valence-electron chi connectivity index (χ4n) is 6.11. The van der Waals surface area contributed by atoms with Crippen LogP contribution < -0.4 is 4.74 Å². The van der Waals surface area contributed by atoms with Crippen molar-refractivity contribution in [1.29, 1.82) is 0 Å². The first-order chi connectivity index (χ1) is 15.9. The minimum absolute atomic E-state index is 0.266. The van der Waals surface area contributed by atoms with E-state index in [1.54, 1.807) is 12.1 Å². The monoisotopic (exact) mass is 462 g/mol. The van der Waals surface area contributed by atoms with E-state index in [-0.39, 0.29) is 5.56 Å². The zero-order valence-corrected chi connectivity index (χ0v) is 19.3. The molecule has 5 heteroatoms. The largest absolute Gasteiger partial charge is 0.432 e. The molecule has 2 fully saturated rings. The second-order valence-electron chi connectivity index (χ2n) is 9.97. The summed E-state index contributed by atoms with van der Waals surface area (Å²) in [6, 6.07) is 8.77. The van der Waals surface area contributed by atoms with E-state index in [9.17, 15) is 17.6 Å². The van der Waals surface area contributed by atoms with Gasteiger partial charge in [0.2, 0.25) is 0 Å². The second-order valence-corrected chi connectivity index (χ2v) is 9.97. The summed E-state index contributed by atoms with van der Waals surface area (Å²) in [5.74, 6) is 0.945. The van der Waals surface area contributed by atoms with Crippen LogP contribution in [0.1, 0.15) is 82.6 Å². The number of hydrogen-bond acceptors (Lipinski definition) is 1. The molecule has 0 aromatic heterocycles. The normalized spacial score (nSPS) is 25.2. The van der Waals surface area contributed by atoms with Crippen molar-refractivity contribution >= 4 is 0 Å². The maximum absolute atomic E-state index is 15.0. The Morgan fingerprint density at radius 3 is 2.39 bits per heavy atom. The van der Waals surface area contributed by atoms with Crippen molar-refractivity contribution in [2.45, 2.75) is 83.7 Å². The van der Waals surface area contributed by atoms with Crippen LogP contribution in [0, 0.1) is 29.4 Å². The van der Waals surface area contributed by atoms with Gasteiger partial charge < -0.3 is 4.74 Å². The van der Waals surface area contributed by atoms with Gasteiger partial charge in [0, 0.05) is 5.56 Å². The average molecular weight is 463 g/mol. The number of benzene rings is 2. The number of halogens is 4. The third kappa shape index (κ3) is 5.91. The van der Waals surface area contributed by atoms with E-state index < -0.39 is 24.0 Å². The maximum atomic E-state index is 15.0. The van der Waals surface area contributed by atoms with Gasteiger partial charge in [-0.1, -0.05) is 57.2 Å². The van der Waals surface area contributed by atoms with E-state index in [2.05, 4.69) is 11.7 Å². The minimum atomic E-state index is -3.10. The van der Waals surface area contributed by atoms with Crippen LogP contribution in [0.2, 0.25) is 0 Å². The molecular formula is C28H34F4O. The highest BCUT2D eigenvalue weighted by atomic mass is 19.3. The van der Waals surface area contributed by atoms with Crippen LogP contribution in [-0.4, -0.2) is 6.61 Å². The Morgan fingerprint density at radius 2 is 1.67 bits per heavy atom. The summed E-state index contributed by atoms with van der Waals surface area (Å²) >= 11 is 0. The van der Waals surface area contributed by atoms with Gasteiger partial charge in [0.05, 0.1) is 0 Å². The molecule has 2 aliphatic carbocycles. The zero-order chi connectivity index (χ0) is 23.4. The van der Waals surface area contributed by atoms with Gasteiger partial charge in [-0.05, 0) is 85.1 Å². The molecule has 0 saturated heterocycles. The molecule has 180 valence electrons. The van der Waals surface area contributed by atoms with E-state index in [1.165, 1.54) is 57.4 Å². The molecule has 0 radical (unpaired) electrons. The third-order valence-corrected chi connectivity index (χ3v) is 7.86. The first kappa shape index (κ1) is 24.1. The van der Waals surface area contributed by atoms with E-state index >= 15 is 0 Å². The highest BCUT2D eigenvalue weighted by molar-refractivity contribution is 5.65. The van der Waals surface area contributed by atoms with E-state index in [1.807, 2.05) is 6.07 Å². The molecule has 2 aliphatic rings. The Bertz CT molecular complexity index is 928. The van der Waals surface area contributed by atoms with Crippen molar-refractivity contribution in [2.75, 3.05) is 0 Å². The molecule has 4 atom stereocenters. The summed E-state index contributed by atoms with van der Waals surface area (Å²) in [4.78, 5) is 0. The number of hydrogen-bond donors (Lipinski definition) is 0. The highest BCUT2D eigenvalue weighted by Crippen LogP contribution is 2.48. The summed E-state index contributed by atoms with van der Waals surface area (Å²) in [5.41, 5.74) is 1.59. The summed E-state index contributed by atoms with van der Waals surface area (Å²) in [5, 5.41) is 0. The lowest BCUT2D eigenvalue weighted by molar-refractivity contribution is -0.0521. The molecule has 1 unspecified atom stereocenters. The van der Waals surface area contributed by atoms with Crippen LogP contribution in [0.4, 0.5) is 17.6 Å². The lowest BCUT2D eigenvalue weighted by Crippen LogP contribution is -2.30. The Morgan fingerprint density at radius 1 is 0.879 bits per heavy atom. The van der Waals surface area contributed by atoms with Crippen LogP contribution in [0.15, 0.2) is 36.4 Å². The summed E-state index contributed by atoms with van der Waals surface area (Å²) in [6.45, 7) is -0.847. The van der Waals surface area contributed by atoms with Gasteiger partial charge in [0.15, 0.2) is 11.6 Å². The molecule has 0 amide bonds. The Hall–Kier alpha value is -2.04. The smallest absolute Gasteiger partial charge is 0.387 e. The van der Waals surface area contributed by atoms with E-state index in [0.29, 0.717) is 11.5 Å². The molecular weight excluding hydrogens is 428 g/mol. The van der Waals surface area contributed by atoms with E-state index in [0.717, 1.165) is 48.3 Å². The van der Waals surface area contributed by atoms with Crippen LogP contribution in [0.5, 0.6) is 5.75 Å². The lowest BCUT2D eigenvalue weighted by Gasteiger charge is -2.42. The van der Waals surface area contributed by atoms with E-state index in [4.69, 9.17) is 0 Å². The van der Waals surface area contributed by atoms with Crippen molar-refractivity contribution < 1.29 is 22.3 Å². The molecule has 0 spiro atoms. The molecule has 0 bridgehead atoms. The molecule has 1 nitrogen and oxygen atoms in total. The zero-order valence-electron chi connectivity index (χ0n) is 19.3. The Kier molecular flexibility index (Phi) is 7.98. The summed E-state index contributed by atoms with van der Waals surface area (Å²) in [6.07, 6.45) is 12.8. The van der Waals surface area contributed by atoms with Gasteiger partial charge in [0.1, 0.15) is 5.82 Å². The topological polar surface area (TPSA) is 9.23 Å². The quantitative estimate of drug-likeness (QED) is 0.281. The lowest BCUT2D eigenvalue weighted by atomic mass is 9.63. The third-order valence-electron chi connectivity index (χ3n) is 7.86. The summed E-state index contributed by atoms with van der Waals surface area (Å²) in [7, 11) is 0. The predicted octanol–water partition coefficient (Wildman–Crippen LogP) is 9.11. The molecule has 0 heterocycles. The SMILES string of the molecule is CCCCCC1CC[C@@H]2C[C@H](c3ccc(-c4ccc(OC(F)F)c(F)c4)c(F)c3)CC[C@@H]2C1. The first-order valence-electron chi connectivity index (χ1n) is 12.5. The molecule has 33 heavy (non-hydrogen) atoms. The fourth-order valence-corrected chi connectivity index (χ4v) is 6.11. The number of alkyl halides is 2. The van der Waals surface area contributed by atoms with Crippen LogP contribution >= 0.6 is 0 Å². The first-order valence-corrected chi connectivity index (χ1v) is 12.5. The summed E-state index contributed by atoms with van der Waals surface area (Å²) < 4.78 is 57.9. The number of fused-ring (bicyclic) bond motifs is 1. The van der Waals surface area contributed by atoms with Crippen molar-refractivity contribution in [3.05, 3.63) is 53.6 Å². The maximum Gasteiger partial charge on any atom is 0.387 e. The van der Waals surface area contributed by atoms with Crippen molar-refractivity contribution in [3.8, 4) is 16.9 Å². The van der Waals surface area contributed by atoms with Crippen LogP contribution in [0.25, 0.3) is 11.1 Å². The van der Waals surface area contributed by atoms with Gasteiger partial charge in [0.25, 0.3) is 0 Å². The van der Waals surface area contributed by atoms with Gasteiger partial charge >= 0.3 is 6.61 Å². The highest BCUT2D eigenvalue weighted by Gasteiger charge is 2.36. The average Bonchev–Trinajstić information content (AvgIpc) is 2.80. The van der Waals surface area contributed by atoms with Gasteiger partial charge in [-0.3, -0.25) is 0 Å². The van der Waals surface area contributed by atoms with Gasteiger partial charge in [-0.25, -0.2) is 8.78 Å². The standard InChI is InChI=1S/C28H34F4O/c1-2-3-4-5-18-6-7-20-15-21(9-8-19(20)14-18)22-10-12-24(25(29)16-22)23-11-13-27(26(30)17-23)33-28(31)32/h10-13,16-21,28H,2-9,14-15H2,1H3/t18?,19-,20-,21-/m1/s1. The molecule has 4 rings (SSSR count). The second kappa shape index (κ2) is 10.9. The fraction of sp³-hybridized carbons (Fsp3) is 0.571.